The molecule has 0 amide bonds. The smallest absolute Gasteiger partial charge is 0.338 e. The van der Waals surface area contributed by atoms with E-state index in [0.29, 0.717) is 5.75 Å². The maximum atomic E-state index is 13.6. The molecule has 0 aromatic heterocycles. The van der Waals surface area contributed by atoms with Crippen molar-refractivity contribution in [2.75, 3.05) is 18.9 Å². The zero-order valence-corrected chi connectivity index (χ0v) is 15.4. The van der Waals surface area contributed by atoms with Crippen LogP contribution in [0.25, 0.3) is 0 Å². The van der Waals surface area contributed by atoms with Crippen LogP contribution in [0.3, 0.4) is 0 Å². The van der Waals surface area contributed by atoms with Gasteiger partial charge in [-0.25, -0.2) is 17.6 Å². The number of carboxylic acid groups (broad SMARTS) is 1. The Kier molecular flexibility index (Phi) is 5.53. The lowest BCUT2D eigenvalue weighted by Gasteiger charge is -2.14. The van der Waals surface area contributed by atoms with Gasteiger partial charge in [-0.3, -0.25) is 4.72 Å². The Balaban J connectivity index is 2.50. The third-order valence-corrected chi connectivity index (χ3v) is 5.52. The Morgan fingerprint density at radius 1 is 1.20 bits per heavy atom. The van der Waals surface area contributed by atoms with Gasteiger partial charge in [-0.2, -0.15) is 0 Å². The molecule has 0 bridgehead atoms. The van der Waals surface area contributed by atoms with Gasteiger partial charge in [0.15, 0.2) is 0 Å². The molecule has 0 unspecified atom stereocenters. The van der Waals surface area contributed by atoms with E-state index in [2.05, 4.69) is 20.7 Å². The largest absolute Gasteiger partial charge is 0.497 e. The molecule has 0 radical (unpaired) electrons. The fourth-order valence-electron chi connectivity index (χ4n) is 1.98. The number of hydrogen-bond donors (Lipinski definition) is 2. The number of aromatic carboxylic acids is 1. The summed E-state index contributed by atoms with van der Waals surface area (Å²) in [5, 5.41) is 8.97. The van der Waals surface area contributed by atoms with Gasteiger partial charge in [0.05, 0.1) is 25.5 Å². The van der Waals surface area contributed by atoms with Crippen molar-refractivity contribution in [3.8, 4) is 11.5 Å². The summed E-state index contributed by atoms with van der Waals surface area (Å²) in [7, 11) is -1.42. The van der Waals surface area contributed by atoms with E-state index in [4.69, 9.17) is 14.6 Å². The predicted octanol–water partition coefficient (Wildman–Crippen LogP) is 3.10. The summed E-state index contributed by atoms with van der Waals surface area (Å²) in [5.41, 5.74) is -0.651. The van der Waals surface area contributed by atoms with E-state index < -0.39 is 32.3 Å². The third-order valence-electron chi connectivity index (χ3n) is 3.19. The molecule has 0 aliphatic rings. The first kappa shape index (κ1) is 19.0. The van der Waals surface area contributed by atoms with Gasteiger partial charge in [0.1, 0.15) is 22.2 Å². The van der Waals surface area contributed by atoms with E-state index in [9.17, 15) is 17.6 Å². The van der Waals surface area contributed by atoms with Crippen LogP contribution in [0.5, 0.6) is 11.5 Å². The molecule has 0 spiro atoms. The van der Waals surface area contributed by atoms with Crippen LogP contribution in [-0.4, -0.2) is 33.7 Å². The monoisotopic (exact) mass is 433 g/mol. The molecule has 134 valence electrons. The van der Waals surface area contributed by atoms with Gasteiger partial charge < -0.3 is 14.6 Å². The summed E-state index contributed by atoms with van der Waals surface area (Å²) in [6.07, 6.45) is 0. The lowest BCUT2D eigenvalue weighted by Crippen LogP contribution is -2.16. The first-order chi connectivity index (χ1) is 11.7. The van der Waals surface area contributed by atoms with Crippen molar-refractivity contribution in [2.24, 2.45) is 0 Å². The number of sulfonamides is 1. The van der Waals surface area contributed by atoms with Gasteiger partial charge in [0.25, 0.3) is 10.0 Å². The van der Waals surface area contributed by atoms with Crippen molar-refractivity contribution >= 4 is 37.6 Å². The van der Waals surface area contributed by atoms with Gasteiger partial charge in [-0.15, -0.1) is 0 Å². The molecular formula is C15H13BrFNO6S. The van der Waals surface area contributed by atoms with Gasteiger partial charge in [-0.05, 0) is 40.2 Å². The SMILES string of the molecule is COc1ccc(NS(=O)(=O)c2cc(C(=O)O)c(F)cc2Br)c(OC)c1. The highest BCUT2D eigenvalue weighted by atomic mass is 79.9. The average molecular weight is 434 g/mol. The summed E-state index contributed by atoms with van der Waals surface area (Å²) in [4.78, 5) is 10.6. The van der Waals surface area contributed by atoms with Gasteiger partial charge in [-0.1, -0.05) is 0 Å². The van der Waals surface area contributed by atoms with Crippen LogP contribution in [0.4, 0.5) is 10.1 Å². The molecule has 2 rings (SSSR count). The van der Waals surface area contributed by atoms with Crippen molar-refractivity contribution in [3.05, 3.63) is 46.2 Å². The quantitative estimate of drug-likeness (QED) is 0.725. The number of nitrogens with one attached hydrogen (secondary N) is 1. The number of methoxy groups -OCH3 is 2. The van der Waals surface area contributed by atoms with Crippen molar-refractivity contribution in [2.45, 2.75) is 4.90 Å². The van der Waals surface area contributed by atoms with Crippen LogP contribution < -0.4 is 14.2 Å². The van der Waals surface area contributed by atoms with Crippen molar-refractivity contribution < 1.29 is 32.2 Å². The summed E-state index contributed by atoms with van der Waals surface area (Å²) in [5.74, 6) is -1.99. The second kappa shape index (κ2) is 7.28. The standard InChI is InChI=1S/C15H13BrFNO6S/c1-23-8-3-4-12(13(5-8)24-2)18-25(21,22)14-6-9(15(19)20)11(17)7-10(14)16/h3-7,18H,1-2H3,(H,19,20). The van der Waals surface area contributed by atoms with Crippen LogP contribution in [0, 0.1) is 5.82 Å². The van der Waals surface area contributed by atoms with Crippen LogP contribution in [0.15, 0.2) is 39.7 Å². The van der Waals surface area contributed by atoms with Gasteiger partial charge in [0.2, 0.25) is 0 Å². The number of rotatable bonds is 6. The van der Waals surface area contributed by atoms with Crippen molar-refractivity contribution in [1.82, 2.24) is 0 Å². The van der Waals surface area contributed by atoms with E-state index in [0.717, 1.165) is 12.1 Å². The maximum Gasteiger partial charge on any atom is 0.338 e. The van der Waals surface area contributed by atoms with Crippen LogP contribution in [0.1, 0.15) is 10.4 Å². The molecule has 0 saturated heterocycles. The third kappa shape index (κ3) is 4.02. The molecule has 0 atom stereocenters. The molecule has 0 heterocycles. The Hall–Kier alpha value is -2.33. The Morgan fingerprint density at radius 3 is 2.44 bits per heavy atom. The number of carbonyl (C=O) groups is 1. The maximum absolute atomic E-state index is 13.6. The summed E-state index contributed by atoms with van der Waals surface area (Å²) < 4.78 is 51.1. The Morgan fingerprint density at radius 2 is 1.88 bits per heavy atom. The fourth-order valence-corrected chi connectivity index (χ4v) is 4.09. The van der Waals surface area contributed by atoms with Crippen molar-refractivity contribution in [3.63, 3.8) is 0 Å². The molecule has 2 aromatic rings. The highest BCUT2D eigenvalue weighted by Crippen LogP contribution is 2.33. The van der Waals surface area contributed by atoms with E-state index >= 15 is 0 Å². The highest BCUT2D eigenvalue weighted by Gasteiger charge is 2.24. The Bertz CT molecular complexity index is 932. The summed E-state index contributed by atoms with van der Waals surface area (Å²) in [6.45, 7) is 0. The zero-order valence-electron chi connectivity index (χ0n) is 13.0. The van der Waals surface area contributed by atoms with Gasteiger partial charge >= 0.3 is 5.97 Å². The van der Waals surface area contributed by atoms with E-state index in [-0.39, 0.29) is 15.9 Å². The van der Waals surface area contributed by atoms with Crippen LogP contribution >= 0.6 is 15.9 Å². The van der Waals surface area contributed by atoms with Crippen LogP contribution in [0.2, 0.25) is 0 Å². The van der Waals surface area contributed by atoms with Crippen LogP contribution in [-0.2, 0) is 10.0 Å². The molecule has 0 saturated carbocycles. The predicted molar refractivity (Wildman–Crippen MR) is 91.4 cm³/mol. The first-order valence-electron chi connectivity index (χ1n) is 6.66. The number of anilines is 1. The average Bonchev–Trinajstić information content (AvgIpc) is 2.54. The number of benzene rings is 2. The summed E-state index contributed by atoms with van der Waals surface area (Å²) >= 11 is 2.93. The number of halogens is 2. The lowest BCUT2D eigenvalue weighted by molar-refractivity contribution is 0.0691. The number of ether oxygens (including phenoxy) is 2. The summed E-state index contributed by atoms with van der Waals surface area (Å²) in [6, 6.07) is 5.93. The molecule has 0 fully saturated rings. The molecule has 10 heteroatoms. The van der Waals surface area contributed by atoms with E-state index in [1.807, 2.05) is 0 Å². The molecule has 2 aromatic carbocycles. The minimum absolute atomic E-state index is 0.108. The number of hydrogen-bond acceptors (Lipinski definition) is 5. The number of carboxylic acids is 1. The molecule has 2 N–H and O–H groups in total. The van der Waals surface area contributed by atoms with E-state index in [1.165, 1.54) is 32.4 Å². The molecule has 25 heavy (non-hydrogen) atoms. The Labute approximate surface area is 151 Å². The molecule has 0 aliphatic carbocycles. The fraction of sp³-hybridized carbons (Fsp3) is 0.133. The normalized spacial score (nSPS) is 11.0. The zero-order chi connectivity index (χ0) is 18.8. The first-order valence-corrected chi connectivity index (χ1v) is 8.94. The highest BCUT2D eigenvalue weighted by molar-refractivity contribution is 9.10. The molecule has 0 aliphatic heterocycles. The van der Waals surface area contributed by atoms with E-state index in [1.54, 1.807) is 0 Å². The second-order valence-electron chi connectivity index (χ2n) is 4.74. The molecular weight excluding hydrogens is 421 g/mol. The van der Waals surface area contributed by atoms with Gasteiger partial charge in [0, 0.05) is 10.5 Å². The minimum Gasteiger partial charge on any atom is -0.497 e. The van der Waals surface area contributed by atoms with Crippen molar-refractivity contribution in [1.29, 1.82) is 0 Å². The molecule has 7 nitrogen and oxygen atoms in total. The lowest BCUT2D eigenvalue weighted by atomic mass is 10.2. The topological polar surface area (TPSA) is 102 Å². The minimum atomic E-state index is -4.22. The second-order valence-corrected chi connectivity index (χ2v) is 7.24.